The summed E-state index contributed by atoms with van der Waals surface area (Å²) in [6.07, 6.45) is 0. The first kappa shape index (κ1) is 14.6. The second-order valence-electron chi connectivity index (χ2n) is 4.94. The van der Waals surface area contributed by atoms with Crippen molar-refractivity contribution in [2.75, 3.05) is 26.2 Å². The van der Waals surface area contributed by atoms with E-state index >= 15 is 0 Å². The number of rotatable bonds is 4. The molecule has 1 aromatic carbocycles. The van der Waals surface area contributed by atoms with E-state index < -0.39 is 0 Å². The van der Waals surface area contributed by atoms with Crippen LogP contribution in [0.2, 0.25) is 5.02 Å². The van der Waals surface area contributed by atoms with E-state index in [9.17, 15) is 4.39 Å². The van der Waals surface area contributed by atoms with Gasteiger partial charge >= 0.3 is 0 Å². The molecule has 1 heterocycles. The van der Waals surface area contributed by atoms with Crippen molar-refractivity contribution in [2.24, 2.45) is 0 Å². The average Bonchev–Trinajstić information content (AvgIpc) is 2.37. The van der Waals surface area contributed by atoms with Crippen molar-refractivity contribution in [1.82, 2.24) is 10.2 Å². The summed E-state index contributed by atoms with van der Waals surface area (Å²) in [5, 5.41) is 3.76. The summed E-state index contributed by atoms with van der Waals surface area (Å²) in [5.74, 6) is 0.195. The lowest BCUT2D eigenvalue weighted by molar-refractivity contribution is 0.116. The molecule has 0 bridgehead atoms. The molecule has 2 rings (SSSR count). The number of benzene rings is 1. The number of ether oxygens (including phenoxy) is 1. The number of halogens is 2. The van der Waals surface area contributed by atoms with E-state index in [4.69, 9.17) is 16.3 Å². The summed E-state index contributed by atoms with van der Waals surface area (Å²) in [5.41, 5.74) is 0. The molecule has 2 atom stereocenters. The molecule has 1 N–H and O–H groups in total. The van der Waals surface area contributed by atoms with Gasteiger partial charge in [-0.3, -0.25) is 4.90 Å². The summed E-state index contributed by atoms with van der Waals surface area (Å²) < 4.78 is 18.5. The van der Waals surface area contributed by atoms with Crippen molar-refractivity contribution in [3.63, 3.8) is 0 Å². The summed E-state index contributed by atoms with van der Waals surface area (Å²) >= 11 is 5.91. The largest absolute Gasteiger partial charge is 0.491 e. The summed E-state index contributed by atoms with van der Waals surface area (Å²) in [6, 6.07) is 5.18. The van der Waals surface area contributed by atoms with Crippen LogP contribution in [-0.2, 0) is 0 Å². The molecule has 0 aromatic heterocycles. The molecule has 1 aliphatic rings. The highest BCUT2D eigenvalue weighted by Crippen LogP contribution is 2.24. The third kappa shape index (κ3) is 3.81. The smallest absolute Gasteiger partial charge is 0.138 e. The number of nitrogens with one attached hydrogen (secondary N) is 1. The molecule has 0 spiro atoms. The minimum Gasteiger partial charge on any atom is -0.491 e. The Morgan fingerprint density at radius 3 is 3.00 bits per heavy atom. The molecular formula is C14H20ClFN2O. The lowest BCUT2D eigenvalue weighted by Crippen LogP contribution is -2.56. The Hall–Kier alpha value is -0.840. The Morgan fingerprint density at radius 1 is 1.47 bits per heavy atom. The van der Waals surface area contributed by atoms with E-state index in [1.165, 1.54) is 12.1 Å². The molecular weight excluding hydrogens is 267 g/mol. The lowest BCUT2D eigenvalue weighted by Gasteiger charge is -2.38. The highest BCUT2D eigenvalue weighted by Gasteiger charge is 2.23. The molecule has 3 nitrogen and oxygen atoms in total. The fraction of sp³-hybridized carbons (Fsp3) is 0.571. The average molecular weight is 287 g/mol. The molecule has 0 amide bonds. The fourth-order valence-corrected chi connectivity index (χ4v) is 2.53. The second-order valence-corrected chi connectivity index (χ2v) is 5.35. The zero-order valence-corrected chi connectivity index (χ0v) is 12.1. The molecule has 0 aliphatic carbocycles. The molecule has 1 fully saturated rings. The van der Waals surface area contributed by atoms with E-state index in [2.05, 4.69) is 24.1 Å². The Kier molecular flexibility index (Phi) is 5.02. The summed E-state index contributed by atoms with van der Waals surface area (Å²) in [4.78, 5) is 2.39. The number of nitrogens with zero attached hydrogens (tertiary/aromatic N) is 1. The van der Waals surface area contributed by atoms with E-state index in [1.54, 1.807) is 6.07 Å². The number of piperazine rings is 1. The van der Waals surface area contributed by atoms with Crippen LogP contribution < -0.4 is 10.1 Å². The maximum atomic E-state index is 12.9. The fourth-order valence-electron chi connectivity index (χ4n) is 2.31. The first-order valence-electron chi connectivity index (χ1n) is 6.63. The quantitative estimate of drug-likeness (QED) is 0.921. The first-order valence-corrected chi connectivity index (χ1v) is 7.01. The van der Waals surface area contributed by atoms with Crippen LogP contribution in [0, 0.1) is 5.82 Å². The van der Waals surface area contributed by atoms with Gasteiger partial charge in [-0.05, 0) is 32.0 Å². The van der Waals surface area contributed by atoms with Gasteiger partial charge in [0.2, 0.25) is 0 Å². The van der Waals surface area contributed by atoms with Gasteiger partial charge in [-0.15, -0.1) is 0 Å². The van der Waals surface area contributed by atoms with Gasteiger partial charge in [-0.2, -0.15) is 0 Å². The van der Waals surface area contributed by atoms with Gasteiger partial charge in [-0.25, -0.2) is 4.39 Å². The van der Waals surface area contributed by atoms with E-state index in [0.29, 0.717) is 29.5 Å². The molecule has 1 aliphatic heterocycles. The van der Waals surface area contributed by atoms with Crippen LogP contribution in [0.4, 0.5) is 4.39 Å². The molecule has 2 unspecified atom stereocenters. The lowest BCUT2D eigenvalue weighted by atomic mass is 10.1. The Morgan fingerprint density at radius 2 is 2.26 bits per heavy atom. The van der Waals surface area contributed by atoms with Crippen molar-refractivity contribution >= 4 is 11.6 Å². The van der Waals surface area contributed by atoms with Crippen LogP contribution in [0.3, 0.4) is 0 Å². The molecule has 1 aromatic rings. The van der Waals surface area contributed by atoms with Crippen molar-refractivity contribution in [2.45, 2.75) is 25.9 Å². The summed E-state index contributed by atoms with van der Waals surface area (Å²) in [6.45, 7) is 7.83. The van der Waals surface area contributed by atoms with Gasteiger partial charge in [0.25, 0.3) is 0 Å². The van der Waals surface area contributed by atoms with E-state index in [-0.39, 0.29) is 5.82 Å². The topological polar surface area (TPSA) is 24.5 Å². The minimum absolute atomic E-state index is 0.321. The van der Waals surface area contributed by atoms with Crippen molar-refractivity contribution in [3.8, 4) is 5.75 Å². The number of hydrogen-bond acceptors (Lipinski definition) is 3. The van der Waals surface area contributed by atoms with Crippen LogP contribution >= 0.6 is 11.6 Å². The maximum Gasteiger partial charge on any atom is 0.138 e. The van der Waals surface area contributed by atoms with Gasteiger partial charge in [-0.1, -0.05) is 11.6 Å². The minimum atomic E-state index is -0.345. The third-order valence-electron chi connectivity index (χ3n) is 3.69. The SMILES string of the molecule is CC1NCCN(CCOc2ccc(F)cc2Cl)C1C. The van der Waals surface area contributed by atoms with Crippen molar-refractivity contribution in [1.29, 1.82) is 0 Å². The van der Waals surface area contributed by atoms with Gasteiger partial charge in [0, 0.05) is 31.7 Å². The van der Waals surface area contributed by atoms with Crippen molar-refractivity contribution in [3.05, 3.63) is 29.0 Å². The molecule has 0 saturated carbocycles. The van der Waals surface area contributed by atoms with Crippen LogP contribution in [0.25, 0.3) is 0 Å². The Balaban J connectivity index is 1.83. The van der Waals surface area contributed by atoms with Gasteiger partial charge in [0.1, 0.15) is 18.2 Å². The monoisotopic (exact) mass is 286 g/mol. The van der Waals surface area contributed by atoms with E-state index in [1.807, 2.05) is 0 Å². The molecule has 0 radical (unpaired) electrons. The number of hydrogen-bond donors (Lipinski definition) is 1. The van der Waals surface area contributed by atoms with Gasteiger partial charge in [0.15, 0.2) is 0 Å². The van der Waals surface area contributed by atoms with Crippen LogP contribution in [-0.4, -0.2) is 43.2 Å². The van der Waals surface area contributed by atoms with E-state index in [0.717, 1.165) is 19.6 Å². The van der Waals surface area contributed by atoms with Crippen LogP contribution in [0.5, 0.6) is 5.75 Å². The maximum absolute atomic E-state index is 12.9. The molecule has 5 heteroatoms. The Bertz CT molecular complexity index is 430. The highest BCUT2D eigenvalue weighted by atomic mass is 35.5. The molecule has 19 heavy (non-hydrogen) atoms. The highest BCUT2D eigenvalue weighted by molar-refractivity contribution is 6.32. The zero-order valence-electron chi connectivity index (χ0n) is 11.3. The summed E-state index contributed by atoms with van der Waals surface area (Å²) in [7, 11) is 0. The van der Waals surface area contributed by atoms with Gasteiger partial charge < -0.3 is 10.1 Å². The second kappa shape index (κ2) is 6.55. The van der Waals surface area contributed by atoms with Gasteiger partial charge in [0.05, 0.1) is 5.02 Å². The predicted octanol–water partition coefficient (Wildman–Crippen LogP) is 2.54. The van der Waals surface area contributed by atoms with Crippen LogP contribution in [0.1, 0.15) is 13.8 Å². The standard InChI is InChI=1S/C14H20ClFN2O/c1-10-11(2)18(6-5-17-10)7-8-19-14-4-3-12(16)9-13(14)15/h3-4,9-11,17H,5-8H2,1-2H3. The normalized spacial score (nSPS) is 24.4. The first-order chi connectivity index (χ1) is 9.08. The Labute approximate surface area is 118 Å². The zero-order chi connectivity index (χ0) is 13.8. The third-order valence-corrected chi connectivity index (χ3v) is 3.99. The predicted molar refractivity (Wildman–Crippen MR) is 75.4 cm³/mol. The molecule has 106 valence electrons. The van der Waals surface area contributed by atoms with Crippen molar-refractivity contribution < 1.29 is 9.13 Å². The molecule has 1 saturated heterocycles. The van der Waals surface area contributed by atoms with Crippen LogP contribution in [0.15, 0.2) is 18.2 Å².